The Balaban J connectivity index is 1.99. The molecule has 0 unspecified atom stereocenters. The van der Waals surface area contributed by atoms with Crippen molar-refractivity contribution < 1.29 is 9.59 Å². The lowest BCUT2D eigenvalue weighted by molar-refractivity contribution is 0.0947. The van der Waals surface area contributed by atoms with Gasteiger partial charge in [0.15, 0.2) is 0 Å². The number of nitrogens with one attached hydrogen (secondary N) is 2. The van der Waals surface area contributed by atoms with Crippen molar-refractivity contribution in [3.63, 3.8) is 0 Å². The summed E-state index contributed by atoms with van der Waals surface area (Å²) in [5.41, 5.74) is 1.81. The third-order valence-electron chi connectivity index (χ3n) is 3.11. The van der Waals surface area contributed by atoms with E-state index in [1.807, 2.05) is 44.2 Å². The second kappa shape index (κ2) is 7.41. The Morgan fingerprint density at radius 2 is 1.41 bits per heavy atom. The lowest BCUT2D eigenvalue weighted by Crippen LogP contribution is -2.27. The summed E-state index contributed by atoms with van der Waals surface area (Å²) in [6.45, 7) is 4.71. The molecule has 0 aliphatic carbocycles. The maximum atomic E-state index is 12.1. The number of amides is 2. The van der Waals surface area contributed by atoms with Gasteiger partial charge in [-0.15, -0.1) is 0 Å². The van der Waals surface area contributed by atoms with Gasteiger partial charge in [-0.1, -0.05) is 32.0 Å². The molecule has 22 heavy (non-hydrogen) atoms. The molecule has 0 saturated heterocycles. The molecule has 114 valence electrons. The molecule has 0 aliphatic rings. The molecule has 0 heterocycles. The number of benzene rings is 2. The zero-order valence-corrected chi connectivity index (χ0v) is 12.8. The summed E-state index contributed by atoms with van der Waals surface area (Å²) in [5.74, 6) is 0.0870. The van der Waals surface area contributed by atoms with Gasteiger partial charge in [-0.3, -0.25) is 9.59 Å². The average molecular weight is 296 g/mol. The second-order valence-corrected chi connectivity index (χ2v) is 5.50. The molecule has 0 radical (unpaired) electrons. The minimum absolute atomic E-state index is 0.122. The molecule has 0 saturated carbocycles. The van der Waals surface area contributed by atoms with E-state index in [0.717, 1.165) is 5.69 Å². The van der Waals surface area contributed by atoms with Gasteiger partial charge >= 0.3 is 0 Å². The topological polar surface area (TPSA) is 58.2 Å². The van der Waals surface area contributed by atoms with Gasteiger partial charge in [-0.25, -0.2) is 0 Å². The standard InChI is InChI=1S/C18H20N2O2/c1-13(2)12-19-17(21)14-8-10-15(11-9-14)18(22)20-16-6-4-3-5-7-16/h3-11,13H,12H2,1-2H3,(H,19,21)(H,20,22). The van der Waals surface area contributed by atoms with E-state index in [-0.39, 0.29) is 11.8 Å². The van der Waals surface area contributed by atoms with Crippen LogP contribution in [0.1, 0.15) is 34.6 Å². The molecule has 2 rings (SSSR count). The van der Waals surface area contributed by atoms with E-state index in [0.29, 0.717) is 23.6 Å². The molecule has 2 aromatic carbocycles. The Kier molecular flexibility index (Phi) is 5.31. The monoisotopic (exact) mass is 296 g/mol. The first-order valence-corrected chi connectivity index (χ1v) is 7.31. The number of hydrogen-bond acceptors (Lipinski definition) is 2. The van der Waals surface area contributed by atoms with Gasteiger partial charge in [0, 0.05) is 23.4 Å². The number of carbonyl (C=O) groups excluding carboxylic acids is 2. The third kappa shape index (κ3) is 4.45. The summed E-state index contributed by atoms with van der Waals surface area (Å²) in [5, 5.41) is 5.65. The molecule has 0 spiro atoms. The van der Waals surface area contributed by atoms with Gasteiger partial charge in [0.1, 0.15) is 0 Å². The van der Waals surface area contributed by atoms with E-state index >= 15 is 0 Å². The van der Waals surface area contributed by atoms with Gasteiger partial charge in [0.05, 0.1) is 0 Å². The lowest BCUT2D eigenvalue weighted by atomic mass is 10.1. The summed E-state index contributed by atoms with van der Waals surface area (Å²) in [6.07, 6.45) is 0. The highest BCUT2D eigenvalue weighted by atomic mass is 16.2. The summed E-state index contributed by atoms with van der Waals surface area (Å²) in [4.78, 5) is 24.0. The highest BCUT2D eigenvalue weighted by Gasteiger charge is 2.09. The predicted molar refractivity (Wildman–Crippen MR) is 88.0 cm³/mol. The summed E-state index contributed by atoms with van der Waals surface area (Å²) in [6, 6.07) is 15.9. The van der Waals surface area contributed by atoms with Crippen LogP contribution in [0.15, 0.2) is 54.6 Å². The Morgan fingerprint density at radius 1 is 0.864 bits per heavy atom. The zero-order chi connectivity index (χ0) is 15.9. The van der Waals surface area contributed by atoms with Crippen LogP contribution in [0.25, 0.3) is 0 Å². The Bertz CT molecular complexity index is 634. The maximum absolute atomic E-state index is 12.1. The highest BCUT2D eigenvalue weighted by Crippen LogP contribution is 2.10. The van der Waals surface area contributed by atoms with E-state index in [4.69, 9.17) is 0 Å². The maximum Gasteiger partial charge on any atom is 0.255 e. The zero-order valence-electron chi connectivity index (χ0n) is 12.8. The van der Waals surface area contributed by atoms with Crippen molar-refractivity contribution in [2.45, 2.75) is 13.8 Å². The number of anilines is 1. The molecule has 4 nitrogen and oxygen atoms in total. The number of rotatable bonds is 5. The normalized spacial score (nSPS) is 10.3. The number of carbonyl (C=O) groups is 2. The first-order valence-electron chi connectivity index (χ1n) is 7.31. The van der Waals surface area contributed by atoms with Crippen molar-refractivity contribution >= 4 is 17.5 Å². The van der Waals surface area contributed by atoms with Crippen molar-refractivity contribution in [2.24, 2.45) is 5.92 Å². The van der Waals surface area contributed by atoms with E-state index in [1.54, 1.807) is 24.3 Å². The largest absolute Gasteiger partial charge is 0.352 e. The first-order chi connectivity index (χ1) is 10.6. The predicted octanol–water partition coefficient (Wildman–Crippen LogP) is 3.32. The fourth-order valence-electron chi connectivity index (χ4n) is 1.90. The van der Waals surface area contributed by atoms with E-state index in [9.17, 15) is 9.59 Å². The van der Waals surface area contributed by atoms with Crippen LogP contribution in [-0.2, 0) is 0 Å². The van der Waals surface area contributed by atoms with Crippen LogP contribution in [0.4, 0.5) is 5.69 Å². The van der Waals surface area contributed by atoms with Crippen LogP contribution in [-0.4, -0.2) is 18.4 Å². The molecule has 0 fully saturated rings. The van der Waals surface area contributed by atoms with Crippen molar-refractivity contribution in [1.29, 1.82) is 0 Å². The van der Waals surface area contributed by atoms with Gasteiger partial charge in [-0.05, 0) is 42.3 Å². The minimum Gasteiger partial charge on any atom is -0.352 e. The average Bonchev–Trinajstić information content (AvgIpc) is 2.53. The highest BCUT2D eigenvalue weighted by molar-refractivity contribution is 6.05. The molecule has 2 aromatic rings. The van der Waals surface area contributed by atoms with Crippen LogP contribution in [0.5, 0.6) is 0 Å². The molecule has 2 amide bonds. The molecule has 0 aliphatic heterocycles. The molecule has 0 bridgehead atoms. The molecular weight excluding hydrogens is 276 g/mol. The van der Waals surface area contributed by atoms with Crippen molar-refractivity contribution in [1.82, 2.24) is 5.32 Å². The number of hydrogen-bond donors (Lipinski definition) is 2. The summed E-state index contributed by atoms with van der Waals surface area (Å²) < 4.78 is 0. The molecule has 2 N–H and O–H groups in total. The summed E-state index contributed by atoms with van der Waals surface area (Å²) in [7, 11) is 0. The second-order valence-electron chi connectivity index (χ2n) is 5.50. The Morgan fingerprint density at radius 3 is 1.95 bits per heavy atom. The van der Waals surface area contributed by atoms with Crippen molar-refractivity contribution in [2.75, 3.05) is 11.9 Å². The molecular formula is C18H20N2O2. The van der Waals surface area contributed by atoms with Crippen LogP contribution < -0.4 is 10.6 Å². The van der Waals surface area contributed by atoms with Gasteiger partial charge in [0.2, 0.25) is 0 Å². The van der Waals surface area contributed by atoms with Gasteiger partial charge in [0.25, 0.3) is 11.8 Å². The van der Waals surface area contributed by atoms with Gasteiger partial charge in [-0.2, -0.15) is 0 Å². The molecule has 0 atom stereocenters. The van der Waals surface area contributed by atoms with Gasteiger partial charge < -0.3 is 10.6 Å². The van der Waals surface area contributed by atoms with Crippen LogP contribution in [0.3, 0.4) is 0 Å². The Labute approximate surface area is 130 Å². The summed E-state index contributed by atoms with van der Waals surface area (Å²) >= 11 is 0. The Hall–Kier alpha value is -2.62. The molecule has 0 aromatic heterocycles. The SMILES string of the molecule is CC(C)CNC(=O)c1ccc(C(=O)Nc2ccccc2)cc1. The minimum atomic E-state index is -0.194. The van der Waals surface area contributed by atoms with Crippen LogP contribution in [0.2, 0.25) is 0 Å². The van der Waals surface area contributed by atoms with Crippen molar-refractivity contribution in [3.05, 3.63) is 65.7 Å². The van der Waals surface area contributed by atoms with E-state index in [2.05, 4.69) is 10.6 Å². The lowest BCUT2D eigenvalue weighted by Gasteiger charge is -2.08. The number of para-hydroxylation sites is 1. The van der Waals surface area contributed by atoms with Crippen LogP contribution >= 0.6 is 0 Å². The smallest absolute Gasteiger partial charge is 0.255 e. The van der Waals surface area contributed by atoms with Crippen molar-refractivity contribution in [3.8, 4) is 0 Å². The quantitative estimate of drug-likeness (QED) is 0.889. The van der Waals surface area contributed by atoms with E-state index < -0.39 is 0 Å². The third-order valence-corrected chi connectivity index (χ3v) is 3.11. The van der Waals surface area contributed by atoms with Crippen LogP contribution in [0, 0.1) is 5.92 Å². The fourth-order valence-corrected chi connectivity index (χ4v) is 1.90. The molecule has 4 heteroatoms. The fraction of sp³-hybridized carbons (Fsp3) is 0.222. The van der Waals surface area contributed by atoms with E-state index in [1.165, 1.54) is 0 Å². The first kappa shape index (κ1) is 15.8.